The Morgan fingerprint density at radius 3 is 2.50 bits per heavy atom. The van der Waals surface area contributed by atoms with Gasteiger partial charge in [-0.15, -0.1) is 0 Å². The number of benzene rings is 1. The average Bonchev–Trinajstić information content (AvgIpc) is 2.46. The van der Waals surface area contributed by atoms with E-state index in [9.17, 15) is 14.0 Å². The number of nitrogens with zero attached hydrogens (tertiary/aromatic N) is 1. The van der Waals surface area contributed by atoms with Crippen LogP contribution >= 0.6 is 0 Å². The molecule has 0 radical (unpaired) electrons. The molecule has 6 heteroatoms. The number of carboxylic acids is 1. The van der Waals surface area contributed by atoms with Crippen LogP contribution in [0.15, 0.2) is 42.6 Å². The molecule has 0 aliphatic heterocycles. The molecule has 1 heterocycles. The summed E-state index contributed by atoms with van der Waals surface area (Å²) in [7, 11) is 0. The number of pyridine rings is 1. The van der Waals surface area contributed by atoms with Crippen molar-refractivity contribution in [2.45, 2.75) is 6.54 Å². The van der Waals surface area contributed by atoms with Gasteiger partial charge in [0.2, 0.25) is 0 Å². The van der Waals surface area contributed by atoms with E-state index in [2.05, 4.69) is 10.3 Å². The Kier molecular flexibility index (Phi) is 4.05. The summed E-state index contributed by atoms with van der Waals surface area (Å²) in [4.78, 5) is 26.5. The quantitative estimate of drug-likeness (QED) is 0.891. The zero-order valence-electron chi connectivity index (χ0n) is 10.3. The molecule has 1 amide bonds. The predicted molar refractivity (Wildman–Crippen MR) is 68.8 cm³/mol. The van der Waals surface area contributed by atoms with Crippen LogP contribution in [0.2, 0.25) is 0 Å². The minimum absolute atomic E-state index is 0.0946. The van der Waals surface area contributed by atoms with Crippen LogP contribution in [0, 0.1) is 5.82 Å². The van der Waals surface area contributed by atoms with Gasteiger partial charge in [0, 0.05) is 11.8 Å². The summed E-state index contributed by atoms with van der Waals surface area (Å²) in [5.74, 6) is -1.86. The van der Waals surface area contributed by atoms with Crippen molar-refractivity contribution < 1.29 is 19.1 Å². The Hall–Kier alpha value is -2.76. The highest BCUT2D eigenvalue weighted by Crippen LogP contribution is 2.04. The Bertz CT molecular complexity index is 641. The molecule has 0 spiro atoms. The highest BCUT2D eigenvalue weighted by molar-refractivity contribution is 5.94. The molecule has 1 aromatic carbocycles. The average molecular weight is 274 g/mol. The van der Waals surface area contributed by atoms with Gasteiger partial charge in [-0.2, -0.15) is 0 Å². The van der Waals surface area contributed by atoms with Gasteiger partial charge in [-0.25, -0.2) is 9.18 Å². The molecule has 0 atom stereocenters. The first-order chi connectivity index (χ1) is 9.56. The van der Waals surface area contributed by atoms with Gasteiger partial charge in [-0.05, 0) is 36.4 Å². The molecular formula is C14H11FN2O3. The van der Waals surface area contributed by atoms with Crippen LogP contribution in [0.5, 0.6) is 0 Å². The lowest BCUT2D eigenvalue weighted by atomic mass is 10.2. The molecule has 2 aromatic rings. The van der Waals surface area contributed by atoms with E-state index >= 15 is 0 Å². The largest absolute Gasteiger partial charge is 0.478 e. The van der Waals surface area contributed by atoms with Gasteiger partial charge in [-0.1, -0.05) is 0 Å². The third-order valence-corrected chi connectivity index (χ3v) is 2.60. The second kappa shape index (κ2) is 5.92. The number of hydrogen-bond donors (Lipinski definition) is 2. The summed E-state index contributed by atoms with van der Waals surface area (Å²) >= 11 is 0. The maximum Gasteiger partial charge on any atom is 0.335 e. The zero-order valence-corrected chi connectivity index (χ0v) is 10.3. The molecule has 20 heavy (non-hydrogen) atoms. The molecule has 5 nitrogen and oxygen atoms in total. The normalized spacial score (nSPS) is 10.1. The molecule has 2 N–H and O–H groups in total. The highest BCUT2D eigenvalue weighted by atomic mass is 19.1. The number of amides is 1. The molecule has 0 aliphatic carbocycles. The monoisotopic (exact) mass is 274 g/mol. The number of halogens is 1. The van der Waals surface area contributed by atoms with Crippen molar-refractivity contribution in [3.8, 4) is 0 Å². The van der Waals surface area contributed by atoms with E-state index in [-0.39, 0.29) is 18.0 Å². The van der Waals surface area contributed by atoms with E-state index in [1.165, 1.54) is 42.6 Å². The minimum atomic E-state index is -1.06. The van der Waals surface area contributed by atoms with Crippen molar-refractivity contribution in [3.63, 3.8) is 0 Å². The molecule has 0 bridgehead atoms. The van der Waals surface area contributed by atoms with Crippen molar-refractivity contribution in [2.24, 2.45) is 0 Å². The Morgan fingerprint density at radius 2 is 1.85 bits per heavy atom. The van der Waals surface area contributed by atoms with Crippen LogP contribution in [0.4, 0.5) is 4.39 Å². The van der Waals surface area contributed by atoms with Gasteiger partial charge >= 0.3 is 5.97 Å². The predicted octanol–water partition coefficient (Wildman–Crippen LogP) is 1.85. The van der Waals surface area contributed by atoms with Gasteiger partial charge in [0.15, 0.2) is 0 Å². The van der Waals surface area contributed by atoms with Crippen molar-refractivity contribution in [2.75, 3.05) is 0 Å². The van der Waals surface area contributed by atoms with E-state index in [4.69, 9.17) is 5.11 Å². The second-order valence-electron chi connectivity index (χ2n) is 4.03. The molecule has 1 aromatic heterocycles. The Balaban J connectivity index is 2.01. The molecule has 2 rings (SSSR count). The number of nitrogens with one attached hydrogen (secondary N) is 1. The third kappa shape index (κ3) is 3.38. The smallest absolute Gasteiger partial charge is 0.335 e. The number of aromatic carboxylic acids is 1. The lowest BCUT2D eigenvalue weighted by Crippen LogP contribution is -2.23. The Labute approximate surface area is 114 Å². The van der Waals surface area contributed by atoms with Crippen molar-refractivity contribution in [1.82, 2.24) is 10.3 Å². The first-order valence-electron chi connectivity index (χ1n) is 5.78. The number of carbonyl (C=O) groups is 2. The molecular weight excluding hydrogens is 263 g/mol. The molecule has 102 valence electrons. The van der Waals surface area contributed by atoms with E-state index < -0.39 is 11.8 Å². The number of rotatable bonds is 4. The fourth-order valence-electron chi connectivity index (χ4n) is 1.58. The molecule has 0 saturated heterocycles. The standard InChI is InChI=1S/C14H11FN2O3/c15-11-3-1-9(2-4-11)13(18)17-8-12-7-10(14(19)20)5-6-16-12/h1-7H,8H2,(H,17,18)(H,19,20). The van der Waals surface area contributed by atoms with Crippen molar-refractivity contribution >= 4 is 11.9 Å². The fraction of sp³-hybridized carbons (Fsp3) is 0.0714. The van der Waals surface area contributed by atoms with Gasteiger partial charge in [0.1, 0.15) is 5.82 Å². The molecule has 0 fully saturated rings. The van der Waals surface area contributed by atoms with Crippen LogP contribution in [0.1, 0.15) is 26.4 Å². The molecule has 0 saturated carbocycles. The Morgan fingerprint density at radius 1 is 1.15 bits per heavy atom. The number of hydrogen-bond acceptors (Lipinski definition) is 3. The summed E-state index contributed by atoms with van der Waals surface area (Å²) in [6, 6.07) is 7.87. The highest BCUT2D eigenvalue weighted by Gasteiger charge is 2.07. The number of aromatic nitrogens is 1. The van der Waals surface area contributed by atoms with Crippen LogP contribution in [-0.4, -0.2) is 22.0 Å². The fourth-order valence-corrected chi connectivity index (χ4v) is 1.58. The summed E-state index contributed by atoms with van der Waals surface area (Å²) in [6.07, 6.45) is 1.36. The maximum atomic E-state index is 12.7. The summed E-state index contributed by atoms with van der Waals surface area (Å²) in [5.41, 5.74) is 0.854. The van der Waals surface area contributed by atoms with Gasteiger partial charge in [0.25, 0.3) is 5.91 Å². The topological polar surface area (TPSA) is 79.3 Å². The lowest BCUT2D eigenvalue weighted by Gasteiger charge is -2.05. The van der Waals surface area contributed by atoms with Crippen LogP contribution in [0.3, 0.4) is 0 Å². The van der Waals surface area contributed by atoms with Crippen LogP contribution in [-0.2, 0) is 6.54 Å². The van der Waals surface area contributed by atoms with Crippen molar-refractivity contribution in [3.05, 3.63) is 65.2 Å². The van der Waals surface area contributed by atoms with E-state index in [0.29, 0.717) is 11.3 Å². The van der Waals surface area contributed by atoms with E-state index in [0.717, 1.165) is 0 Å². The van der Waals surface area contributed by atoms with Gasteiger partial charge < -0.3 is 10.4 Å². The second-order valence-corrected chi connectivity index (χ2v) is 4.03. The summed E-state index contributed by atoms with van der Waals surface area (Å²) in [5, 5.41) is 11.4. The first kappa shape index (κ1) is 13.7. The third-order valence-electron chi connectivity index (χ3n) is 2.60. The number of carbonyl (C=O) groups excluding carboxylic acids is 1. The van der Waals surface area contributed by atoms with Crippen LogP contribution in [0.25, 0.3) is 0 Å². The van der Waals surface area contributed by atoms with E-state index in [1.54, 1.807) is 0 Å². The van der Waals surface area contributed by atoms with Crippen molar-refractivity contribution in [1.29, 1.82) is 0 Å². The zero-order chi connectivity index (χ0) is 14.5. The lowest BCUT2D eigenvalue weighted by molar-refractivity contribution is 0.0696. The first-order valence-corrected chi connectivity index (χ1v) is 5.78. The van der Waals surface area contributed by atoms with E-state index in [1.807, 2.05) is 0 Å². The van der Waals surface area contributed by atoms with Gasteiger partial charge in [-0.3, -0.25) is 9.78 Å². The van der Waals surface area contributed by atoms with Crippen LogP contribution < -0.4 is 5.32 Å². The maximum absolute atomic E-state index is 12.7. The molecule has 0 unspecified atom stereocenters. The molecule has 0 aliphatic rings. The summed E-state index contributed by atoms with van der Waals surface area (Å²) < 4.78 is 12.7. The van der Waals surface area contributed by atoms with Gasteiger partial charge in [0.05, 0.1) is 17.8 Å². The number of carboxylic acid groups (broad SMARTS) is 1. The minimum Gasteiger partial charge on any atom is -0.478 e. The summed E-state index contributed by atoms with van der Waals surface area (Å²) in [6.45, 7) is 0.0946. The SMILES string of the molecule is O=C(O)c1ccnc(CNC(=O)c2ccc(F)cc2)c1.